The van der Waals surface area contributed by atoms with Crippen LogP contribution in [0.3, 0.4) is 0 Å². The van der Waals surface area contributed by atoms with Crippen molar-refractivity contribution in [3.63, 3.8) is 0 Å². The fourth-order valence-corrected chi connectivity index (χ4v) is 2.33. The zero-order valence-electron chi connectivity index (χ0n) is 12.7. The topological polar surface area (TPSA) is 20.3 Å². The third-order valence-corrected chi connectivity index (χ3v) is 3.75. The van der Waals surface area contributed by atoms with E-state index in [1.807, 2.05) is 6.07 Å². The first-order valence-corrected chi connectivity index (χ1v) is 7.59. The lowest BCUT2D eigenvalue weighted by molar-refractivity contribution is -0.113. The average molecular weight is 294 g/mol. The summed E-state index contributed by atoms with van der Waals surface area (Å²) < 4.78 is 0. The molecule has 0 atom stereocenters. The van der Waals surface area contributed by atoms with E-state index in [2.05, 4.69) is 37.5 Å². The lowest BCUT2D eigenvalue weighted by Crippen LogP contribution is -2.26. The molecule has 0 saturated carbocycles. The van der Waals surface area contributed by atoms with Crippen molar-refractivity contribution in [3.8, 4) is 0 Å². The van der Waals surface area contributed by atoms with Crippen LogP contribution in [0.2, 0.25) is 5.02 Å². The number of halogens is 1. The van der Waals surface area contributed by atoms with Crippen molar-refractivity contribution >= 4 is 23.1 Å². The molecule has 3 heteroatoms. The Hall–Kier alpha value is -1.28. The van der Waals surface area contributed by atoms with Crippen molar-refractivity contribution in [3.05, 3.63) is 40.9 Å². The zero-order chi connectivity index (χ0) is 15.1. The molecule has 0 aliphatic rings. The van der Waals surface area contributed by atoms with Crippen molar-refractivity contribution < 1.29 is 4.79 Å². The number of benzene rings is 1. The van der Waals surface area contributed by atoms with Gasteiger partial charge in [-0.25, -0.2) is 0 Å². The second-order valence-corrected chi connectivity index (χ2v) is 5.44. The monoisotopic (exact) mass is 293 g/mol. The Bertz CT molecular complexity index is 482. The molecule has 20 heavy (non-hydrogen) atoms. The molecular weight excluding hydrogens is 270 g/mol. The van der Waals surface area contributed by atoms with Crippen LogP contribution in [0.4, 0.5) is 5.69 Å². The molecule has 1 rings (SSSR count). The zero-order valence-corrected chi connectivity index (χ0v) is 13.5. The third-order valence-electron chi connectivity index (χ3n) is 3.43. The summed E-state index contributed by atoms with van der Waals surface area (Å²) in [4.78, 5) is 13.5. The summed E-state index contributed by atoms with van der Waals surface area (Å²) in [5.41, 5.74) is 3.01. The quantitative estimate of drug-likeness (QED) is 0.650. The van der Waals surface area contributed by atoms with Gasteiger partial charge in [-0.15, -0.1) is 0 Å². The van der Waals surface area contributed by atoms with Crippen LogP contribution in [-0.2, 0) is 11.2 Å². The molecule has 0 amide bonds. The molecule has 0 radical (unpaired) electrons. The van der Waals surface area contributed by atoms with Crippen LogP contribution in [0.5, 0.6) is 0 Å². The number of nitrogens with zero attached hydrogens (tertiary/aromatic N) is 1. The van der Waals surface area contributed by atoms with Gasteiger partial charge in [0.25, 0.3) is 0 Å². The number of carbonyl (C=O) groups excluding carboxylic acids is 1. The van der Waals surface area contributed by atoms with Crippen LogP contribution < -0.4 is 4.90 Å². The van der Waals surface area contributed by atoms with Crippen molar-refractivity contribution in [2.24, 2.45) is 0 Å². The van der Waals surface area contributed by atoms with E-state index in [-0.39, 0.29) is 5.78 Å². The van der Waals surface area contributed by atoms with Gasteiger partial charge < -0.3 is 4.90 Å². The maximum atomic E-state index is 11.3. The van der Waals surface area contributed by atoms with Gasteiger partial charge >= 0.3 is 0 Å². The minimum Gasteiger partial charge on any atom is -0.370 e. The van der Waals surface area contributed by atoms with E-state index in [0.29, 0.717) is 12.0 Å². The Morgan fingerprint density at radius 2 is 2.00 bits per heavy atom. The second kappa shape index (κ2) is 8.11. The highest BCUT2D eigenvalue weighted by Gasteiger charge is 2.12. The molecule has 110 valence electrons. The summed E-state index contributed by atoms with van der Waals surface area (Å²) in [6, 6.07) is 6.16. The van der Waals surface area contributed by atoms with E-state index >= 15 is 0 Å². The number of hydrogen-bond donors (Lipinski definition) is 0. The van der Waals surface area contributed by atoms with E-state index < -0.39 is 0 Å². The van der Waals surface area contributed by atoms with Crippen LogP contribution in [0.25, 0.3) is 0 Å². The van der Waals surface area contributed by atoms with Crippen LogP contribution in [0.1, 0.15) is 39.2 Å². The molecule has 0 fully saturated rings. The van der Waals surface area contributed by atoms with Gasteiger partial charge in [-0.1, -0.05) is 38.1 Å². The Morgan fingerprint density at radius 1 is 1.30 bits per heavy atom. The molecule has 0 aromatic heterocycles. The summed E-state index contributed by atoms with van der Waals surface area (Å²) in [5, 5.41) is 0.768. The summed E-state index contributed by atoms with van der Waals surface area (Å²) >= 11 is 6.33. The van der Waals surface area contributed by atoms with E-state index in [1.165, 1.54) is 5.56 Å². The van der Waals surface area contributed by atoms with E-state index in [1.54, 1.807) is 6.92 Å². The highest BCUT2D eigenvalue weighted by atomic mass is 35.5. The maximum absolute atomic E-state index is 11.3. The maximum Gasteiger partial charge on any atom is 0.155 e. The molecule has 0 saturated heterocycles. The number of rotatable bonds is 8. The SMILES string of the molecule is C=C(CCN(CCC)c1cc(CC)ccc1Cl)C(C)=O. The fraction of sp³-hybridized carbons (Fsp3) is 0.471. The number of ketones is 1. The smallest absolute Gasteiger partial charge is 0.155 e. The number of Topliss-reactive ketones (excluding diaryl/α,β-unsaturated/α-hetero) is 1. The van der Waals surface area contributed by atoms with Gasteiger partial charge in [0.2, 0.25) is 0 Å². The van der Waals surface area contributed by atoms with E-state index in [9.17, 15) is 4.79 Å². The van der Waals surface area contributed by atoms with Gasteiger partial charge in [-0.05, 0) is 49.5 Å². The predicted octanol–water partition coefficient (Wildman–Crippen LogP) is 4.65. The van der Waals surface area contributed by atoms with Gasteiger partial charge in [0.15, 0.2) is 5.78 Å². The minimum atomic E-state index is 0.0647. The standard InChI is InChI=1S/C17H24ClNO/c1-5-10-19(11-9-13(3)14(4)20)17-12-15(6-2)7-8-16(17)18/h7-8,12H,3,5-6,9-11H2,1-2,4H3. The van der Waals surface area contributed by atoms with Crippen LogP contribution >= 0.6 is 11.6 Å². The van der Waals surface area contributed by atoms with Crippen LogP contribution in [0.15, 0.2) is 30.4 Å². The van der Waals surface area contributed by atoms with Crippen molar-refractivity contribution in [1.29, 1.82) is 0 Å². The van der Waals surface area contributed by atoms with Gasteiger partial charge in [0.1, 0.15) is 0 Å². The Kier molecular flexibility index (Phi) is 6.80. The first kappa shape index (κ1) is 16.8. The Labute approximate surface area is 127 Å². The van der Waals surface area contributed by atoms with Crippen molar-refractivity contribution in [2.75, 3.05) is 18.0 Å². The summed E-state index contributed by atoms with van der Waals surface area (Å²) in [6.45, 7) is 11.4. The molecule has 0 spiro atoms. The van der Waals surface area contributed by atoms with Gasteiger partial charge in [-0.2, -0.15) is 0 Å². The number of carbonyl (C=O) groups is 1. The van der Waals surface area contributed by atoms with Gasteiger partial charge in [0, 0.05) is 13.1 Å². The molecule has 1 aromatic carbocycles. The van der Waals surface area contributed by atoms with Gasteiger partial charge in [0.05, 0.1) is 10.7 Å². The largest absolute Gasteiger partial charge is 0.370 e. The molecule has 0 N–H and O–H groups in total. The first-order valence-electron chi connectivity index (χ1n) is 7.21. The lowest BCUT2D eigenvalue weighted by Gasteiger charge is -2.26. The molecule has 0 bridgehead atoms. The van der Waals surface area contributed by atoms with E-state index in [4.69, 9.17) is 11.6 Å². The van der Waals surface area contributed by atoms with E-state index in [0.717, 1.165) is 36.6 Å². The second-order valence-electron chi connectivity index (χ2n) is 5.04. The van der Waals surface area contributed by atoms with Gasteiger partial charge in [-0.3, -0.25) is 4.79 Å². The van der Waals surface area contributed by atoms with Crippen molar-refractivity contribution in [2.45, 2.75) is 40.0 Å². The third kappa shape index (κ3) is 4.68. The Balaban J connectivity index is 2.89. The molecular formula is C17H24ClNO. The summed E-state index contributed by atoms with van der Waals surface area (Å²) in [6.07, 6.45) is 2.71. The molecule has 0 unspecified atom stereocenters. The fourth-order valence-electron chi connectivity index (χ4n) is 2.09. The molecule has 2 nitrogen and oxygen atoms in total. The molecule has 0 aliphatic heterocycles. The first-order chi connectivity index (χ1) is 9.49. The van der Waals surface area contributed by atoms with Crippen LogP contribution in [0, 0.1) is 0 Å². The average Bonchev–Trinajstić information content (AvgIpc) is 2.43. The lowest BCUT2D eigenvalue weighted by atomic mass is 10.1. The molecule has 0 aliphatic carbocycles. The highest BCUT2D eigenvalue weighted by Crippen LogP contribution is 2.28. The predicted molar refractivity (Wildman–Crippen MR) is 87.8 cm³/mol. The molecule has 1 aromatic rings. The number of anilines is 1. The Morgan fingerprint density at radius 3 is 2.55 bits per heavy atom. The molecule has 0 heterocycles. The summed E-state index contributed by atoms with van der Waals surface area (Å²) in [5.74, 6) is 0.0647. The minimum absolute atomic E-state index is 0.0647. The summed E-state index contributed by atoms with van der Waals surface area (Å²) in [7, 11) is 0. The van der Waals surface area contributed by atoms with Crippen molar-refractivity contribution in [1.82, 2.24) is 0 Å². The van der Waals surface area contributed by atoms with Crippen LogP contribution in [-0.4, -0.2) is 18.9 Å². The number of hydrogen-bond acceptors (Lipinski definition) is 2. The normalized spacial score (nSPS) is 10.4. The number of aryl methyl sites for hydroxylation is 1. The highest BCUT2D eigenvalue weighted by molar-refractivity contribution is 6.33.